The van der Waals surface area contributed by atoms with Gasteiger partial charge in [-0.2, -0.15) is 0 Å². The first kappa shape index (κ1) is 23.5. The van der Waals surface area contributed by atoms with Crippen LogP contribution in [0, 0.1) is 5.92 Å². The summed E-state index contributed by atoms with van der Waals surface area (Å²) in [6.07, 6.45) is 2.11. The average molecular weight is 472 g/mol. The number of likely N-dealkylation sites (tertiary alicyclic amines) is 1. The second kappa shape index (κ2) is 10.1. The monoisotopic (exact) mass is 471 g/mol. The fourth-order valence-electron chi connectivity index (χ4n) is 4.11. The summed E-state index contributed by atoms with van der Waals surface area (Å²) in [4.78, 5) is 35.8. The van der Waals surface area contributed by atoms with Crippen LogP contribution in [0.15, 0.2) is 36.5 Å². The summed E-state index contributed by atoms with van der Waals surface area (Å²) in [5, 5.41) is 4.63. The van der Waals surface area contributed by atoms with Crippen molar-refractivity contribution in [3.05, 3.63) is 42.1 Å². The molecule has 2 aliphatic rings. The first-order valence-electron chi connectivity index (χ1n) is 11.5. The van der Waals surface area contributed by atoms with Gasteiger partial charge in [-0.15, -0.1) is 0 Å². The summed E-state index contributed by atoms with van der Waals surface area (Å²) in [6.45, 7) is 11.3. The third-order valence-corrected chi connectivity index (χ3v) is 6.84. The van der Waals surface area contributed by atoms with E-state index in [9.17, 15) is 9.59 Å². The molecule has 9 heteroatoms. The second-order valence-corrected chi connectivity index (χ2v) is 10.7. The first-order valence-corrected chi connectivity index (χ1v) is 12.3. The van der Waals surface area contributed by atoms with E-state index in [0.717, 1.165) is 37.7 Å². The van der Waals surface area contributed by atoms with E-state index in [1.54, 1.807) is 4.90 Å². The Bertz CT molecular complexity index is 951. The highest BCUT2D eigenvalue weighted by Crippen LogP contribution is 2.29. The van der Waals surface area contributed by atoms with Crippen LogP contribution in [0.5, 0.6) is 0 Å². The minimum Gasteiger partial charge on any atom is -0.444 e. The van der Waals surface area contributed by atoms with Gasteiger partial charge in [0.2, 0.25) is 5.91 Å². The van der Waals surface area contributed by atoms with E-state index in [4.69, 9.17) is 4.74 Å². The highest BCUT2D eigenvalue weighted by Gasteiger charge is 2.33. The molecule has 1 aromatic heterocycles. The van der Waals surface area contributed by atoms with E-state index in [1.807, 2.05) is 33.0 Å². The van der Waals surface area contributed by atoms with Crippen LogP contribution in [-0.4, -0.2) is 71.7 Å². The molecule has 2 aliphatic heterocycles. The van der Waals surface area contributed by atoms with Crippen LogP contribution in [0.1, 0.15) is 32.8 Å². The van der Waals surface area contributed by atoms with Gasteiger partial charge < -0.3 is 19.9 Å². The van der Waals surface area contributed by atoms with Gasteiger partial charge in [0.05, 0.1) is 12.1 Å². The summed E-state index contributed by atoms with van der Waals surface area (Å²) in [5.41, 5.74) is 0.799. The Morgan fingerprint density at radius 1 is 1.12 bits per heavy atom. The summed E-state index contributed by atoms with van der Waals surface area (Å²) in [6, 6.07) is 10.5. The van der Waals surface area contributed by atoms with Crippen molar-refractivity contribution in [2.45, 2.75) is 39.3 Å². The molecule has 0 radical (unpaired) electrons. The third kappa shape index (κ3) is 6.45. The van der Waals surface area contributed by atoms with Crippen molar-refractivity contribution in [2.75, 3.05) is 49.5 Å². The van der Waals surface area contributed by atoms with Gasteiger partial charge in [0, 0.05) is 45.8 Å². The van der Waals surface area contributed by atoms with Crippen LogP contribution < -0.4 is 10.2 Å². The van der Waals surface area contributed by atoms with E-state index in [2.05, 4.69) is 44.4 Å². The molecule has 2 fully saturated rings. The standard InChI is InChI=1S/C24H33N5O3S/c1-24(2,3)32-23(31)29-10-9-19(17-29)21(30)26-22-25-15-20(33-22)28-13-11-27(12-14-28)16-18-7-5-4-6-8-18/h4-8,15,19H,9-14,16-17H2,1-3H3,(H,25,26,30)/t19-/m0/s1. The van der Waals surface area contributed by atoms with E-state index in [-0.39, 0.29) is 17.9 Å². The number of ether oxygens (including phenoxy) is 1. The number of carbonyl (C=O) groups is 2. The maximum absolute atomic E-state index is 12.7. The number of amides is 2. The number of benzene rings is 1. The normalized spacial score (nSPS) is 19.5. The van der Waals surface area contributed by atoms with Crippen molar-refractivity contribution in [3.8, 4) is 0 Å². The van der Waals surface area contributed by atoms with Gasteiger partial charge in [0.25, 0.3) is 0 Å². The molecule has 0 bridgehead atoms. The maximum Gasteiger partial charge on any atom is 0.410 e. The molecule has 3 heterocycles. The zero-order valence-corrected chi connectivity index (χ0v) is 20.4. The Morgan fingerprint density at radius 3 is 2.55 bits per heavy atom. The summed E-state index contributed by atoms with van der Waals surface area (Å²) < 4.78 is 5.42. The van der Waals surface area contributed by atoms with Crippen LogP contribution in [-0.2, 0) is 16.1 Å². The SMILES string of the molecule is CC(C)(C)OC(=O)N1CC[C@H](C(=O)Nc2ncc(N3CCN(Cc4ccccc4)CC3)s2)C1. The van der Waals surface area contributed by atoms with Crippen molar-refractivity contribution in [1.82, 2.24) is 14.8 Å². The van der Waals surface area contributed by atoms with E-state index < -0.39 is 5.60 Å². The Kier molecular flexibility index (Phi) is 7.19. The molecule has 2 aromatic rings. The zero-order valence-electron chi connectivity index (χ0n) is 19.6. The number of carbonyl (C=O) groups excluding carboxylic acids is 2. The molecule has 1 atom stereocenters. The molecule has 4 rings (SSSR count). The molecular formula is C24H33N5O3S. The van der Waals surface area contributed by atoms with Gasteiger partial charge in [-0.05, 0) is 32.8 Å². The van der Waals surface area contributed by atoms with Gasteiger partial charge in [-0.25, -0.2) is 9.78 Å². The molecule has 0 spiro atoms. The number of hydrogen-bond donors (Lipinski definition) is 1. The quantitative estimate of drug-likeness (QED) is 0.717. The predicted octanol–water partition coefficient (Wildman–Crippen LogP) is 3.66. The minimum atomic E-state index is -0.540. The predicted molar refractivity (Wildman–Crippen MR) is 131 cm³/mol. The topological polar surface area (TPSA) is 78.0 Å². The highest BCUT2D eigenvalue weighted by atomic mass is 32.1. The molecule has 0 saturated carbocycles. The van der Waals surface area contributed by atoms with Crippen LogP contribution >= 0.6 is 11.3 Å². The van der Waals surface area contributed by atoms with Crippen molar-refractivity contribution in [1.29, 1.82) is 0 Å². The number of thiazole rings is 1. The minimum absolute atomic E-state index is 0.0883. The summed E-state index contributed by atoms with van der Waals surface area (Å²) in [7, 11) is 0. The largest absolute Gasteiger partial charge is 0.444 e. The van der Waals surface area contributed by atoms with Crippen LogP contribution in [0.2, 0.25) is 0 Å². The number of piperazine rings is 1. The van der Waals surface area contributed by atoms with Gasteiger partial charge in [0.1, 0.15) is 10.6 Å². The molecular weight excluding hydrogens is 438 g/mol. The van der Waals surface area contributed by atoms with Crippen LogP contribution in [0.25, 0.3) is 0 Å². The molecule has 8 nitrogen and oxygen atoms in total. The fourth-order valence-corrected chi connectivity index (χ4v) is 4.98. The lowest BCUT2D eigenvalue weighted by Crippen LogP contribution is -2.45. The summed E-state index contributed by atoms with van der Waals surface area (Å²) >= 11 is 1.51. The molecule has 33 heavy (non-hydrogen) atoms. The molecule has 2 saturated heterocycles. The number of nitrogens with one attached hydrogen (secondary N) is 1. The number of rotatable bonds is 5. The molecule has 1 N–H and O–H groups in total. The van der Waals surface area contributed by atoms with Gasteiger partial charge in [-0.3, -0.25) is 9.69 Å². The lowest BCUT2D eigenvalue weighted by molar-refractivity contribution is -0.119. The highest BCUT2D eigenvalue weighted by molar-refractivity contribution is 7.19. The van der Waals surface area contributed by atoms with Crippen molar-refractivity contribution in [3.63, 3.8) is 0 Å². The lowest BCUT2D eigenvalue weighted by atomic mass is 10.1. The number of anilines is 2. The van der Waals surface area contributed by atoms with Gasteiger partial charge >= 0.3 is 6.09 Å². The molecule has 0 unspecified atom stereocenters. The lowest BCUT2D eigenvalue weighted by Gasteiger charge is -2.35. The Morgan fingerprint density at radius 2 is 1.85 bits per heavy atom. The molecule has 1 aromatic carbocycles. The number of nitrogens with zero attached hydrogens (tertiary/aromatic N) is 4. The molecule has 178 valence electrons. The van der Waals surface area contributed by atoms with Gasteiger partial charge in [-0.1, -0.05) is 41.7 Å². The van der Waals surface area contributed by atoms with Gasteiger partial charge in [0.15, 0.2) is 5.13 Å². The number of hydrogen-bond acceptors (Lipinski definition) is 7. The van der Waals surface area contributed by atoms with E-state index in [1.165, 1.54) is 16.9 Å². The molecule has 2 amide bonds. The maximum atomic E-state index is 12.7. The van der Waals surface area contributed by atoms with E-state index >= 15 is 0 Å². The van der Waals surface area contributed by atoms with Crippen molar-refractivity contribution < 1.29 is 14.3 Å². The van der Waals surface area contributed by atoms with Crippen LogP contribution in [0.3, 0.4) is 0 Å². The fraction of sp³-hybridized carbons (Fsp3) is 0.542. The zero-order chi connectivity index (χ0) is 23.4. The third-order valence-electron chi connectivity index (χ3n) is 5.87. The molecule has 0 aliphatic carbocycles. The Hall–Kier alpha value is -2.65. The first-order chi connectivity index (χ1) is 15.8. The Balaban J connectivity index is 1.24. The Labute approximate surface area is 199 Å². The van der Waals surface area contributed by atoms with E-state index in [0.29, 0.717) is 24.6 Å². The summed E-state index contributed by atoms with van der Waals surface area (Å²) in [5.74, 6) is -0.332. The van der Waals surface area contributed by atoms with Crippen molar-refractivity contribution in [2.24, 2.45) is 5.92 Å². The van der Waals surface area contributed by atoms with Crippen LogP contribution in [0.4, 0.5) is 14.9 Å². The smallest absolute Gasteiger partial charge is 0.410 e. The second-order valence-electron chi connectivity index (χ2n) is 9.65. The average Bonchev–Trinajstić information content (AvgIpc) is 3.44. The number of aromatic nitrogens is 1. The van der Waals surface area contributed by atoms with Crippen molar-refractivity contribution >= 4 is 33.5 Å².